The quantitative estimate of drug-likeness (QED) is 0.357. The molecule has 1 N–H and O–H groups in total. The largest absolute Gasteiger partial charge is 0.286 e. The molecule has 2 aromatic carbocycles. The molecule has 0 atom stereocenters. The van der Waals surface area contributed by atoms with Gasteiger partial charge >= 0.3 is 0 Å². The van der Waals surface area contributed by atoms with Crippen LogP contribution in [0.3, 0.4) is 0 Å². The highest BCUT2D eigenvalue weighted by Gasteiger charge is 2.28. The lowest BCUT2D eigenvalue weighted by atomic mass is 10.2. The summed E-state index contributed by atoms with van der Waals surface area (Å²) in [6.45, 7) is 1.42. The van der Waals surface area contributed by atoms with Crippen molar-refractivity contribution in [2.45, 2.75) is 20.9 Å². The maximum absolute atomic E-state index is 12.9. The van der Waals surface area contributed by atoms with E-state index in [1.54, 1.807) is 18.2 Å². The van der Waals surface area contributed by atoms with E-state index in [0.29, 0.717) is 20.6 Å². The lowest BCUT2D eigenvalue weighted by Crippen LogP contribution is -2.18. The third kappa shape index (κ3) is 4.66. The SMILES string of the molecule is Cc1c(S(=O)(=O)c2ccc(Cl)cc2)csc1S(=O)(=O)NN=Cc1c(Cl)cccc1Cl. The van der Waals surface area contributed by atoms with Gasteiger partial charge in [-0.3, -0.25) is 0 Å². The number of hydrogen-bond acceptors (Lipinski definition) is 6. The summed E-state index contributed by atoms with van der Waals surface area (Å²) >= 11 is 18.6. The predicted molar refractivity (Wildman–Crippen MR) is 120 cm³/mol. The second-order valence-electron chi connectivity index (χ2n) is 5.96. The number of nitrogens with zero attached hydrogens (tertiary/aromatic N) is 1. The molecule has 0 spiro atoms. The molecule has 0 fully saturated rings. The molecule has 0 radical (unpaired) electrons. The molecule has 0 unspecified atom stereocenters. The van der Waals surface area contributed by atoms with Gasteiger partial charge in [0, 0.05) is 16.0 Å². The van der Waals surface area contributed by atoms with Gasteiger partial charge in [-0.05, 0) is 48.9 Å². The van der Waals surface area contributed by atoms with E-state index in [9.17, 15) is 16.8 Å². The van der Waals surface area contributed by atoms with Gasteiger partial charge in [0.15, 0.2) is 0 Å². The molecule has 3 rings (SSSR count). The van der Waals surface area contributed by atoms with Gasteiger partial charge in [0.25, 0.3) is 10.0 Å². The monoisotopic (exact) mass is 522 g/mol. The van der Waals surface area contributed by atoms with Crippen LogP contribution in [0.15, 0.2) is 66.9 Å². The van der Waals surface area contributed by atoms with Crippen molar-refractivity contribution >= 4 is 72.2 Å². The van der Waals surface area contributed by atoms with E-state index in [2.05, 4.69) is 9.93 Å². The molecule has 1 heterocycles. The van der Waals surface area contributed by atoms with E-state index in [0.717, 1.165) is 11.3 Å². The van der Waals surface area contributed by atoms with Crippen molar-refractivity contribution in [3.05, 3.63) is 74.0 Å². The molecule has 0 amide bonds. The van der Waals surface area contributed by atoms with Crippen LogP contribution >= 0.6 is 46.1 Å². The number of nitrogens with one attached hydrogen (secondary N) is 1. The molecule has 0 bridgehead atoms. The smallest absolute Gasteiger partial charge is 0.218 e. The first kappa shape index (κ1) is 23.1. The average Bonchev–Trinajstić information content (AvgIpc) is 3.07. The summed E-state index contributed by atoms with van der Waals surface area (Å²) < 4.78 is 50.9. The highest BCUT2D eigenvalue weighted by atomic mass is 35.5. The van der Waals surface area contributed by atoms with Crippen LogP contribution in [-0.2, 0) is 19.9 Å². The van der Waals surface area contributed by atoms with Crippen LogP contribution < -0.4 is 4.83 Å². The molecular weight excluding hydrogens is 511 g/mol. The van der Waals surface area contributed by atoms with Crippen LogP contribution in [0.2, 0.25) is 15.1 Å². The third-order valence-electron chi connectivity index (χ3n) is 3.97. The van der Waals surface area contributed by atoms with E-state index in [4.69, 9.17) is 34.8 Å². The number of halogens is 3. The van der Waals surface area contributed by atoms with Gasteiger partial charge in [-0.1, -0.05) is 40.9 Å². The zero-order valence-corrected chi connectivity index (χ0v) is 19.9. The zero-order chi connectivity index (χ0) is 22.1. The fourth-order valence-corrected chi connectivity index (χ4v) is 7.37. The maximum atomic E-state index is 12.9. The van der Waals surface area contributed by atoms with Gasteiger partial charge in [0.05, 0.1) is 26.1 Å². The van der Waals surface area contributed by atoms with Crippen LogP contribution in [0.1, 0.15) is 11.1 Å². The van der Waals surface area contributed by atoms with Crippen molar-refractivity contribution < 1.29 is 16.8 Å². The van der Waals surface area contributed by atoms with Crippen LogP contribution in [0.25, 0.3) is 0 Å². The normalized spacial score (nSPS) is 12.4. The minimum atomic E-state index is -4.12. The van der Waals surface area contributed by atoms with Crippen LogP contribution in [-0.4, -0.2) is 23.1 Å². The molecule has 30 heavy (non-hydrogen) atoms. The number of sulfonamides is 1. The second-order valence-corrected chi connectivity index (χ2v) is 11.9. The number of sulfone groups is 1. The topological polar surface area (TPSA) is 92.7 Å². The van der Waals surface area contributed by atoms with E-state index < -0.39 is 19.9 Å². The summed E-state index contributed by atoms with van der Waals surface area (Å²) in [7, 11) is -8.03. The lowest BCUT2D eigenvalue weighted by molar-refractivity contribution is 0.586. The van der Waals surface area contributed by atoms with Gasteiger partial charge in [-0.2, -0.15) is 18.4 Å². The van der Waals surface area contributed by atoms with E-state index in [1.807, 2.05) is 0 Å². The van der Waals surface area contributed by atoms with Crippen molar-refractivity contribution in [2.75, 3.05) is 0 Å². The Labute approximate surface area is 193 Å². The lowest BCUT2D eigenvalue weighted by Gasteiger charge is -2.06. The molecule has 6 nitrogen and oxygen atoms in total. The van der Waals surface area contributed by atoms with Crippen molar-refractivity contribution in [1.82, 2.24) is 4.83 Å². The van der Waals surface area contributed by atoms with Crippen LogP contribution in [0.4, 0.5) is 0 Å². The Bertz CT molecular complexity index is 1310. The first-order chi connectivity index (χ1) is 14.0. The Morgan fingerprint density at radius 2 is 1.57 bits per heavy atom. The highest BCUT2D eigenvalue weighted by molar-refractivity contribution is 7.93. The van der Waals surface area contributed by atoms with Crippen molar-refractivity contribution in [2.24, 2.45) is 5.10 Å². The standard InChI is InChI=1S/C18H13Cl3N2O4S3/c1-11-17(29(24,25)13-7-5-12(19)6-8-13)10-28-18(11)30(26,27)23-22-9-14-15(20)3-2-4-16(14)21/h2-10,23H,1H3. The number of hydrazone groups is 1. The molecule has 0 saturated carbocycles. The Balaban J connectivity index is 1.90. The van der Waals surface area contributed by atoms with E-state index in [1.165, 1.54) is 42.8 Å². The number of benzene rings is 2. The van der Waals surface area contributed by atoms with Gasteiger partial charge in [0.1, 0.15) is 4.21 Å². The maximum Gasteiger partial charge on any atom is 0.286 e. The highest BCUT2D eigenvalue weighted by Crippen LogP contribution is 2.33. The van der Waals surface area contributed by atoms with Gasteiger partial charge in [-0.25, -0.2) is 8.42 Å². The average molecular weight is 524 g/mol. The molecule has 0 aliphatic carbocycles. The Kier molecular flexibility index (Phi) is 6.81. The first-order valence-corrected chi connectivity index (χ1v) is 13.1. The predicted octanol–water partition coefficient (Wildman–Crippen LogP) is 5.16. The number of rotatable bonds is 6. The molecule has 12 heteroatoms. The van der Waals surface area contributed by atoms with Crippen LogP contribution in [0, 0.1) is 6.92 Å². The molecule has 0 saturated heterocycles. The molecule has 3 aromatic rings. The van der Waals surface area contributed by atoms with Crippen molar-refractivity contribution in [1.29, 1.82) is 0 Å². The van der Waals surface area contributed by atoms with Crippen molar-refractivity contribution in [3.63, 3.8) is 0 Å². The zero-order valence-electron chi connectivity index (χ0n) is 15.1. The summed E-state index contributed by atoms with van der Waals surface area (Å²) in [6, 6.07) is 10.4. The van der Waals surface area contributed by atoms with Gasteiger partial charge < -0.3 is 0 Å². The Morgan fingerprint density at radius 3 is 2.17 bits per heavy atom. The minimum absolute atomic E-state index is 0.0103. The molecule has 0 aliphatic heterocycles. The van der Waals surface area contributed by atoms with Crippen molar-refractivity contribution in [3.8, 4) is 0 Å². The summed E-state index contributed by atoms with van der Waals surface area (Å²) in [5.74, 6) is 0. The van der Waals surface area contributed by atoms with Crippen LogP contribution in [0.5, 0.6) is 0 Å². The van der Waals surface area contributed by atoms with Gasteiger partial charge in [0.2, 0.25) is 9.84 Å². The second kappa shape index (κ2) is 8.86. The summed E-state index contributed by atoms with van der Waals surface area (Å²) in [5, 5.41) is 5.97. The fourth-order valence-electron chi connectivity index (χ4n) is 2.49. The van der Waals surface area contributed by atoms with E-state index in [-0.39, 0.29) is 19.6 Å². The molecule has 1 aromatic heterocycles. The molecule has 0 aliphatic rings. The summed E-state index contributed by atoms with van der Waals surface area (Å²) in [4.78, 5) is 1.96. The summed E-state index contributed by atoms with van der Waals surface area (Å²) in [5.41, 5.74) is 0.436. The third-order valence-corrected chi connectivity index (χ3v) is 9.89. The first-order valence-electron chi connectivity index (χ1n) is 8.11. The fraction of sp³-hybridized carbons (Fsp3) is 0.0556. The Hall–Kier alpha value is -1.62. The molecular formula is C18H13Cl3N2O4S3. The number of thiophene rings is 1. The minimum Gasteiger partial charge on any atom is -0.218 e. The van der Waals surface area contributed by atoms with E-state index >= 15 is 0 Å². The molecule has 158 valence electrons. The van der Waals surface area contributed by atoms with Gasteiger partial charge in [-0.15, -0.1) is 11.3 Å². The number of hydrogen-bond donors (Lipinski definition) is 1. The summed E-state index contributed by atoms with van der Waals surface area (Å²) in [6.07, 6.45) is 1.18. The Morgan fingerprint density at radius 1 is 0.967 bits per heavy atom.